The summed E-state index contributed by atoms with van der Waals surface area (Å²) in [6.07, 6.45) is 22.5. The van der Waals surface area contributed by atoms with Crippen molar-refractivity contribution < 1.29 is 0 Å². The maximum Gasteiger partial charge on any atom is 0.0407 e. The van der Waals surface area contributed by atoms with E-state index in [2.05, 4.69) is 17.6 Å². The van der Waals surface area contributed by atoms with Gasteiger partial charge in [-0.25, -0.2) is 0 Å². The first-order valence-corrected chi connectivity index (χ1v) is 11.5. The Morgan fingerprint density at radius 3 is 1.36 bits per heavy atom. The number of unbranched alkanes of at least 4 members (excludes halogenated alkanes) is 14. The van der Waals surface area contributed by atoms with Crippen molar-refractivity contribution in [1.29, 1.82) is 0 Å². The van der Waals surface area contributed by atoms with Gasteiger partial charge in [0.2, 0.25) is 0 Å². The minimum atomic E-state index is -0.0208. The maximum atomic E-state index is 6.49. The average molecular weight is 354 g/mol. The smallest absolute Gasteiger partial charge is 0.0407 e. The Bertz CT molecular complexity index is 272. The van der Waals surface area contributed by atoms with Crippen molar-refractivity contribution in [2.45, 2.75) is 115 Å². The Morgan fingerprint density at radius 1 is 0.600 bits per heavy atom. The molecule has 0 amide bonds. The van der Waals surface area contributed by atoms with Gasteiger partial charge in [-0.05, 0) is 6.42 Å². The van der Waals surface area contributed by atoms with Crippen molar-refractivity contribution in [2.75, 3.05) is 26.2 Å². The highest BCUT2D eigenvalue weighted by Gasteiger charge is 2.25. The summed E-state index contributed by atoms with van der Waals surface area (Å²) in [7, 11) is 0. The lowest BCUT2D eigenvalue weighted by atomic mass is 9.92. The molecule has 0 aromatic carbocycles. The third-order valence-corrected chi connectivity index (χ3v) is 5.71. The second-order valence-corrected chi connectivity index (χ2v) is 8.42. The Labute approximate surface area is 158 Å². The molecule has 0 atom stereocenters. The lowest BCUT2D eigenvalue weighted by Crippen LogP contribution is -2.52. The van der Waals surface area contributed by atoms with Gasteiger partial charge in [-0.1, -0.05) is 103 Å². The molecule has 0 unspecified atom stereocenters. The molecule has 3 nitrogen and oxygen atoms in total. The minimum Gasteiger partial charge on any atom is -0.323 e. The normalized spacial score (nSPS) is 17.5. The Morgan fingerprint density at radius 2 is 0.960 bits per heavy atom. The van der Waals surface area contributed by atoms with Gasteiger partial charge in [-0.3, -0.25) is 0 Å². The van der Waals surface area contributed by atoms with Crippen LogP contribution in [0, 0.1) is 0 Å². The molecule has 1 aliphatic rings. The molecule has 0 aromatic heterocycles. The summed E-state index contributed by atoms with van der Waals surface area (Å²) in [5.41, 5.74) is 6.47. The van der Waals surface area contributed by atoms with Crippen LogP contribution in [0.3, 0.4) is 0 Å². The predicted molar refractivity (Wildman–Crippen MR) is 112 cm³/mol. The minimum absolute atomic E-state index is 0.0208. The maximum absolute atomic E-state index is 6.49. The number of hydrogen-bond donors (Lipinski definition) is 3. The second kappa shape index (κ2) is 16.1. The summed E-state index contributed by atoms with van der Waals surface area (Å²) in [6.45, 7) is 6.34. The van der Waals surface area contributed by atoms with Crippen molar-refractivity contribution in [3.63, 3.8) is 0 Å². The van der Waals surface area contributed by atoms with Crippen LogP contribution in [0.2, 0.25) is 0 Å². The van der Waals surface area contributed by atoms with Crippen LogP contribution in [0.25, 0.3) is 0 Å². The molecule has 1 heterocycles. The van der Waals surface area contributed by atoms with Crippen LogP contribution in [-0.4, -0.2) is 31.7 Å². The lowest BCUT2D eigenvalue weighted by Gasteiger charge is -2.27. The molecule has 25 heavy (non-hydrogen) atoms. The molecule has 0 aliphatic carbocycles. The highest BCUT2D eigenvalue weighted by molar-refractivity contribution is 4.90. The molecule has 0 bridgehead atoms. The first-order valence-electron chi connectivity index (χ1n) is 11.5. The predicted octanol–water partition coefficient (Wildman–Crippen LogP) is 5.14. The van der Waals surface area contributed by atoms with Crippen LogP contribution >= 0.6 is 0 Å². The zero-order valence-corrected chi connectivity index (χ0v) is 17.2. The molecule has 0 aromatic rings. The first-order chi connectivity index (χ1) is 12.3. The number of rotatable bonds is 16. The molecule has 1 saturated heterocycles. The van der Waals surface area contributed by atoms with E-state index in [4.69, 9.17) is 5.73 Å². The molecular weight excluding hydrogens is 306 g/mol. The molecule has 150 valence electrons. The highest BCUT2D eigenvalue weighted by Crippen LogP contribution is 2.16. The van der Waals surface area contributed by atoms with E-state index in [1.807, 2.05) is 0 Å². The van der Waals surface area contributed by atoms with E-state index in [0.29, 0.717) is 0 Å². The van der Waals surface area contributed by atoms with Gasteiger partial charge >= 0.3 is 0 Å². The van der Waals surface area contributed by atoms with Crippen LogP contribution in [-0.2, 0) is 0 Å². The SMILES string of the molecule is CCCCCCCCCCCCCCCCCC1(N)CNCCNC1. The van der Waals surface area contributed by atoms with Gasteiger partial charge in [0.1, 0.15) is 0 Å². The number of nitrogens with one attached hydrogen (secondary N) is 2. The van der Waals surface area contributed by atoms with Crippen molar-refractivity contribution in [1.82, 2.24) is 10.6 Å². The Kier molecular flexibility index (Phi) is 14.7. The van der Waals surface area contributed by atoms with Crippen LogP contribution in [0.4, 0.5) is 0 Å². The van der Waals surface area contributed by atoms with E-state index in [0.717, 1.165) is 32.6 Å². The van der Waals surface area contributed by atoms with Gasteiger partial charge in [-0.15, -0.1) is 0 Å². The van der Waals surface area contributed by atoms with E-state index in [9.17, 15) is 0 Å². The molecule has 3 heteroatoms. The Balaban J connectivity index is 1.77. The Hall–Kier alpha value is -0.120. The van der Waals surface area contributed by atoms with E-state index in [1.165, 1.54) is 96.3 Å². The summed E-state index contributed by atoms with van der Waals surface area (Å²) in [5.74, 6) is 0. The summed E-state index contributed by atoms with van der Waals surface area (Å²) in [6, 6.07) is 0. The van der Waals surface area contributed by atoms with Crippen molar-refractivity contribution >= 4 is 0 Å². The van der Waals surface area contributed by atoms with E-state index in [-0.39, 0.29) is 5.54 Å². The molecule has 0 spiro atoms. The zero-order valence-electron chi connectivity index (χ0n) is 17.2. The molecule has 4 N–H and O–H groups in total. The van der Waals surface area contributed by atoms with Gasteiger partial charge in [-0.2, -0.15) is 0 Å². The van der Waals surface area contributed by atoms with Gasteiger partial charge in [0.25, 0.3) is 0 Å². The van der Waals surface area contributed by atoms with E-state index in [1.54, 1.807) is 0 Å². The van der Waals surface area contributed by atoms with Crippen molar-refractivity contribution in [3.8, 4) is 0 Å². The van der Waals surface area contributed by atoms with Crippen LogP contribution in [0.5, 0.6) is 0 Å². The van der Waals surface area contributed by atoms with E-state index < -0.39 is 0 Å². The molecule has 1 fully saturated rings. The molecule has 0 saturated carbocycles. The quantitative estimate of drug-likeness (QED) is 0.337. The zero-order chi connectivity index (χ0) is 18.1. The van der Waals surface area contributed by atoms with Gasteiger partial charge in [0, 0.05) is 31.7 Å². The monoisotopic (exact) mass is 353 g/mol. The third-order valence-electron chi connectivity index (χ3n) is 5.71. The van der Waals surface area contributed by atoms with Gasteiger partial charge in [0.15, 0.2) is 0 Å². The highest BCUT2D eigenvalue weighted by atomic mass is 15.0. The van der Waals surface area contributed by atoms with Gasteiger partial charge < -0.3 is 16.4 Å². The first kappa shape index (κ1) is 22.9. The van der Waals surface area contributed by atoms with Crippen molar-refractivity contribution in [2.24, 2.45) is 5.73 Å². The van der Waals surface area contributed by atoms with E-state index >= 15 is 0 Å². The van der Waals surface area contributed by atoms with Crippen LogP contribution < -0.4 is 16.4 Å². The molecule has 0 radical (unpaired) electrons. The summed E-state index contributed by atoms with van der Waals surface area (Å²) in [4.78, 5) is 0. The second-order valence-electron chi connectivity index (χ2n) is 8.42. The fourth-order valence-electron chi connectivity index (χ4n) is 3.94. The molecule has 1 aliphatic heterocycles. The summed E-state index contributed by atoms with van der Waals surface area (Å²) < 4.78 is 0. The summed E-state index contributed by atoms with van der Waals surface area (Å²) in [5, 5.41) is 6.91. The fourth-order valence-corrected chi connectivity index (χ4v) is 3.94. The fraction of sp³-hybridized carbons (Fsp3) is 1.00. The lowest BCUT2D eigenvalue weighted by molar-refractivity contribution is 0.363. The molecular formula is C22H47N3. The number of nitrogens with two attached hydrogens (primary N) is 1. The standard InChI is InChI=1S/C22H47N3/c1-2-3-4-5-6-7-8-9-10-11-12-13-14-15-16-17-22(23)20-24-18-19-25-21-22/h24-25H,2-21,23H2,1H3. The van der Waals surface area contributed by atoms with Gasteiger partial charge in [0.05, 0.1) is 0 Å². The molecule has 1 rings (SSSR count). The number of hydrogen-bond acceptors (Lipinski definition) is 3. The van der Waals surface area contributed by atoms with Crippen LogP contribution in [0.1, 0.15) is 110 Å². The summed E-state index contributed by atoms with van der Waals surface area (Å²) >= 11 is 0. The van der Waals surface area contributed by atoms with Crippen molar-refractivity contribution in [3.05, 3.63) is 0 Å². The average Bonchev–Trinajstić information content (AvgIpc) is 2.83. The third kappa shape index (κ3) is 13.7. The largest absolute Gasteiger partial charge is 0.323 e. The van der Waals surface area contributed by atoms with Crippen LogP contribution in [0.15, 0.2) is 0 Å². The topological polar surface area (TPSA) is 50.1 Å².